The number of fused-ring (bicyclic) bond motifs is 1. The van der Waals surface area contributed by atoms with Crippen molar-refractivity contribution in [3.63, 3.8) is 0 Å². The van der Waals surface area contributed by atoms with Gasteiger partial charge in [0, 0.05) is 24.8 Å². The van der Waals surface area contributed by atoms with Gasteiger partial charge in [-0.3, -0.25) is 4.79 Å². The van der Waals surface area contributed by atoms with Crippen LogP contribution in [-0.4, -0.2) is 25.7 Å². The van der Waals surface area contributed by atoms with Crippen LogP contribution < -0.4 is 14.8 Å². The summed E-state index contributed by atoms with van der Waals surface area (Å²) in [5.41, 5.74) is 1.78. The summed E-state index contributed by atoms with van der Waals surface area (Å²) in [6.07, 6.45) is 1.91. The molecule has 0 bridgehead atoms. The highest BCUT2D eigenvalue weighted by molar-refractivity contribution is 5.76. The normalized spacial score (nSPS) is 13.7. The summed E-state index contributed by atoms with van der Waals surface area (Å²) in [5.74, 6) is 1.26. The fourth-order valence-corrected chi connectivity index (χ4v) is 3.03. The summed E-state index contributed by atoms with van der Waals surface area (Å²) in [6, 6.07) is 12.3. The zero-order chi connectivity index (χ0) is 19.3. The second-order valence-electron chi connectivity index (χ2n) is 7.50. The highest BCUT2D eigenvalue weighted by atomic mass is 19.1. The highest BCUT2D eigenvalue weighted by Gasteiger charge is 2.21. The molecule has 0 fully saturated rings. The molecule has 1 aliphatic rings. The molecule has 0 saturated carbocycles. The van der Waals surface area contributed by atoms with E-state index >= 15 is 0 Å². The Kier molecular flexibility index (Phi) is 5.99. The van der Waals surface area contributed by atoms with E-state index in [-0.39, 0.29) is 17.1 Å². The maximum atomic E-state index is 13.1. The van der Waals surface area contributed by atoms with Crippen molar-refractivity contribution >= 4 is 5.91 Å². The fourth-order valence-electron chi connectivity index (χ4n) is 3.03. The molecule has 1 heterocycles. The summed E-state index contributed by atoms with van der Waals surface area (Å²) in [4.78, 5) is 12.3. The molecule has 0 atom stereocenters. The van der Waals surface area contributed by atoms with Gasteiger partial charge in [0.2, 0.25) is 5.91 Å². The third-order valence-electron chi connectivity index (χ3n) is 4.81. The van der Waals surface area contributed by atoms with Gasteiger partial charge in [0.05, 0.1) is 13.2 Å². The molecule has 1 N–H and O–H groups in total. The van der Waals surface area contributed by atoms with E-state index in [1.807, 2.05) is 32.0 Å². The molecule has 0 radical (unpaired) electrons. The minimum absolute atomic E-state index is 0.00250. The van der Waals surface area contributed by atoms with E-state index in [4.69, 9.17) is 9.47 Å². The van der Waals surface area contributed by atoms with Gasteiger partial charge in [-0.05, 0) is 41.8 Å². The Bertz CT molecular complexity index is 787. The van der Waals surface area contributed by atoms with E-state index in [1.54, 1.807) is 12.1 Å². The van der Waals surface area contributed by atoms with Crippen molar-refractivity contribution in [2.75, 3.05) is 19.8 Å². The molecule has 2 aromatic carbocycles. The molecule has 2 aromatic rings. The van der Waals surface area contributed by atoms with Crippen LogP contribution in [0.4, 0.5) is 4.39 Å². The van der Waals surface area contributed by atoms with Crippen LogP contribution in [0, 0.1) is 5.82 Å². The van der Waals surface area contributed by atoms with Gasteiger partial charge in [0.25, 0.3) is 0 Å². The Balaban J connectivity index is 1.51. The van der Waals surface area contributed by atoms with Crippen LogP contribution in [0.2, 0.25) is 0 Å². The van der Waals surface area contributed by atoms with Crippen molar-refractivity contribution in [2.45, 2.75) is 38.5 Å². The summed E-state index contributed by atoms with van der Waals surface area (Å²) >= 11 is 0. The zero-order valence-corrected chi connectivity index (χ0v) is 15.9. The molecule has 5 heteroatoms. The lowest BCUT2D eigenvalue weighted by atomic mass is 9.84. The van der Waals surface area contributed by atoms with Crippen LogP contribution in [0.15, 0.2) is 42.5 Å². The van der Waals surface area contributed by atoms with Crippen LogP contribution in [0.25, 0.3) is 0 Å². The van der Waals surface area contributed by atoms with E-state index in [0.717, 1.165) is 29.0 Å². The van der Waals surface area contributed by atoms with Crippen LogP contribution in [-0.2, 0) is 16.6 Å². The summed E-state index contributed by atoms with van der Waals surface area (Å²) in [6.45, 7) is 5.88. The predicted molar refractivity (Wildman–Crippen MR) is 103 cm³/mol. The van der Waals surface area contributed by atoms with E-state index < -0.39 is 0 Å². The van der Waals surface area contributed by atoms with Gasteiger partial charge in [-0.2, -0.15) is 0 Å². The number of carbonyl (C=O) groups excluding carboxylic acids is 1. The topological polar surface area (TPSA) is 47.6 Å². The van der Waals surface area contributed by atoms with Crippen LogP contribution in [0.5, 0.6) is 11.5 Å². The van der Waals surface area contributed by atoms with Crippen molar-refractivity contribution in [3.8, 4) is 11.5 Å². The minimum atomic E-state index is -0.265. The molecule has 144 valence electrons. The maximum absolute atomic E-state index is 13.1. The van der Waals surface area contributed by atoms with E-state index in [0.29, 0.717) is 32.6 Å². The number of halogens is 1. The molecule has 1 aliphatic heterocycles. The molecular formula is C22H26FNO3. The average molecular weight is 371 g/mol. The average Bonchev–Trinajstić information content (AvgIpc) is 2.90. The minimum Gasteiger partial charge on any atom is -0.490 e. The first-order valence-corrected chi connectivity index (χ1v) is 9.35. The fraction of sp³-hybridized carbons (Fsp3) is 0.409. The van der Waals surface area contributed by atoms with Crippen molar-refractivity contribution in [1.82, 2.24) is 5.32 Å². The molecule has 0 spiro atoms. The van der Waals surface area contributed by atoms with Crippen LogP contribution >= 0.6 is 0 Å². The van der Waals surface area contributed by atoms with E-state index in [2.05, 4.69) is 5.32 Å². The Morgan fingerprint density at radius 2 is 1.78 bits per heavy atom. The van der Waals surface area contributed by atoms with Gasteiger partial charge in [-0.1, -0.05) is 32.0 Å². The SMILES string of the molecule is CC(C)(CNC(=O)CCc1ccc2c(c1)OCCCO2)c1ccc(F)cc1. The summed E-state index contributed by atoms with van der Waals surface area (Å²) in [7, 11) is 0. The molecule has 0 aliphatic carbocycles. The second-order valence-corrected chi connectivity index (χ2v) is 7.50. The molecule has 0 aromatic heterocycles. The lowest BCUT2D eigenvalue weighted by Gasteiger charge is -2.25. The standard InChI is InChI=1S/C22H26FNO3/c1-22(2,17-6-8-18(23)9-7-17)15-24-21(25)11-5-16-4-10-19-20(14-16)27-13-3-12-26-19/h4,6-10,14H,3,5,11-13,15H2,1-2H3,(H,24,25). The van der Waals surface area contributed by atoms with Crippen LogP contribution in [0.1, 0.15) is 37.8 Å². The third-order valence-corrected chi connectivity index (χ3v) is 4.81. The van der Waals surface area contributed by atoms with Crippen molar-refractivity contribution in [1.29, 1.82) is 0 Å². The molecule has 27 heavy (non-hydrogen) atoms. The lowest BCUT2D eigenvalue weighted by Crippen LogP contribution is -2.36. The smallest absolute Gasteiger partial charge is 0.220 e. The zero-order valence-electron chi connectivity index (χ0n) is 15.9. The van der Waals surface area contributed by atoms with Crippen molar-refractivity contribution < 1.29 is 18.7 Å². The van der Waals surface area contributed by atoms with E-state index in [1.165, 1.54) is 12.1 Å². The first kappa shape index (κ1) is 19.2. The quantitative estimate of drug-likeness (QED) is 0.834. The summed E-state index contributed by atoms with van der Waals surface area (Å²) in [5, 5.41) is 2.99. The molecule has 0 saturated heterocycles. The third kappa shape index (κ3) is 5.22. The van der Waals surface area contributed by atoms with Gasteiger partial charge < -0.3 is 14.8 Å². The Hall–Kier alpha value is -2.56. The van der Waals surface area contributed by atoms with Crippen molar-refractivity contribution in [3.05, 3.63) is 59.4 Å². The van der Waals surface area contributed by atoms with Gasteiger partial charge in [-0.25, -0.2) is 4.39 Å². The molecule has 4 nitrogen and oxygen atoms in total. The monoisotopic (exact) mass is 371 g/mol. The van der Waals surface area contributed by atoms with Gasteiger partial charge in [0.15, 0.2) is 11.5 Å². The summed E-state index contributed by atoms with van der Waals surface area (Å²) < 4.78 is 24.4. The predicted octanol–water partition coefficient (Wildman–Crippen LogP) is 4.01. The Labute approximate surface area is 159 Å². The molecule has 0 unspecified atom stereocenters. The van der Waals surface area contributed by atoms with E-state index in [9.17, 15) is 9.18 Å². The maximum Gasteiger partial charge on any atom is 0.220 e. The molecular weight excluding hydrogens is 345 g/mol. The number of ether oxygens (including phenoxy) is 2. The number of benzene rings is 2. The Morgan fingerprint density at radius 1 is 1.07 bits per heavy atom. The first-order chi connectivity index (χ1) is 12.9. The van der Waals surface area contributed by atoms with Crippen molar-refractivity contribution in [2.24, 2.45) is 0 Å². The number of amides is 1. The lowest BCUT2D eigenvalue weighted by molar-refractivity contribution is -0.121. The first-order valence-electron chi connectivity index (χ1n) is 9.35. The van der Waals surface area contributed by atoms with Crippen LogP contribution in [0.3, 0.4) is 0 Å². The van der Waals surface area contributed by atoms with Gasteiger partial charge >= 0.3 is 0 Å². The van der Waals surface area contributed by atoms with Gasteiger partial charge in [-0.15, -0.1) is 0 Å². The number of nitrogens with one attached hydrogen (secondary N) is 1. The highest BCUT2D eigenvalue weighted by Crippen LogP contribution is 2.30. The second kappa shape index (κ2) is 8.42. The number of aryl methyl sites for hydroxylation is 1. The van der Waals surface area contributed by atoms with Gasteiger partial charge in [0.1, 0.15) is 5.82 Å². The number of rotatable bonds is 6. The molecule has 1 amide bonds. The largest absolute Gasteiger partial charge is 0.490 e. The number of hydrogen-bond acceptors (Lipinski definition) is 3. The number of hydrogen-bond donors (Lipinski definition) is 1. The number of carbonyl (C=O) groups is 1. The Morgan fingerprint density at radius 3 is 2.52 bits per heavy atom. The molecule has 3 rings (SSSR count).